The first kappa shape index (κ1) is 26.8. The molecule has 0 aromatic rings. The van der Waals surface area contributed by atoms with E-state index in [9.17, 15) is 35.9 Å². The van der Waals surface area contributed by atoms with Gasteiger partial charge in [-0.3, -0.25) is 0 Å². The fraction of sp³-hybridized carbons (Fsp3) is 0.500. The number of alkyl halides is 6. The highest BCUT2D eigenvalue weighted by Crippen LogP contribution is 2.24. The molecular weight excluding hydrogens is 354 g/mol. The molecule has 6 nitrogen and oxygen atoms in total. The zero-order valence-electron chi connectivity index (χ0n) is 12.1. The van der Waals surface area contributed by atoms with Crippen molar-refractivity contribution in [3.05, 3.63) is 24.3 Å². The number of aliphatic carboxylic acids is 2. The first-order valence-electron chi connectivity index (χ1n) is 5.83. The summed E-state index contributed by atoms with van der Waals surface area (Å²) < 4.78 is 67.3. The molecule has 12 heteroatoms. The Morgan fingerprint density at radius 1 is 0.708 bits per heavy atom. The summed E-state index contributed by atoms with van der Waals surface area (Å²) in [7, 11) is 0. The Balaban J connectivity index is -0.000000282. The van der Waals surface area contributed by atoms with Crippen molar-refractivity contribution in [3.63, 3.8) is 0 Å². The minimum Gasteiger partial charge on any atom is -0.478 e. The first-order valence-corrected chi connectivity index (χ1v) is 5.83. The Bertz CT molecular complexity index is 387. The van der Waals surface area contributed by atoms with E-state index in [0.717, 1.165) is 12.8 Å². The monoisotopic (exact) mass is 370 g/mol. The van der Waals surface area contributed by atoms with Gasteiger partial charge >= 0.3 is 24.3 Å². The number of unbranched alkanes of at least 4 members (excludes halogenated alkanes) is 1. The Labute approximate surface area is 132 Å². The van der Waals surface area contributed by atoms with E-state index < -0.39 is 35.4 Å². The minimum atomic E-state index is -4.81. The molecule has 0 aliphatic heterocycles. The van der Waals surface area contributed by atoms with Crippen molar-refractivity contribution in [1.82, 2.24) is 0 Å². The SMILES string of the molecule is C=C(C(=O)O)C(F)(F)F.C=C(C(=O)O)C(F)(F)F.OCCCCO. The maximum Gasteiger partial charge on any atom is 0.422 e. The molecule has 142 valence electrons. The van der Waals surface area contributed by atoms with E-state index in [4.69, 9.17) is 20.4 Å². The number of rotatable bonds is 5. The van der Waals surface area contributed by atoms with E-state index in [2.05, 4.69) is 13.2 Å². The normalized spacial score (nSPS) is 10.5. The van der Waals surface area contributed by atoms with Gasteiger partial charge in [0, 0.05) is 13.2 Å². The molecule has 0 unspecified atom stereocenters. The number of carboxylic acid groups (broad SMARTS) is 2. The molecule has 0 amide bonds. The van der Waals surface area contributed by atoms with Gasteiger partial charge in [0.15, 0.2) is 0 Å². The van der Waals surface area contributed by atoms with Crippen molar-refractivity contribution < 1.29 is 56.4 Å². The summed E-state index contributed by atoms with van der Waals surface area (Å²) >= 11 is 0. The molecule has 0 aromatic carbocycles. The van der Waals surface area contributed by atoms with Crippen molar-refractivity contribution in [2.75, 3.05) is 13.2 Å². The summed E-state index contributed by atoms with van der Waals surface area (Å²) in [4.78, 5) is 19.1. The second-order valence-corrected chi connectivity index (χ2v) is 3.72. The Kier molecular flexibility index (Phi) is 13.8. The van der Waals surface area contributed by atoms with Crippen LogP contribution in [0.15, 0.2) is 24.3 Å². The third-order valence-electron chi connectivity index (χ3n) is 1.77. The van der Waals surface area contributed by atoms with Gasteiger partial charge in [-0.2, -0.15) is 26.3 Å². The van der Waals surface area contributed by atoms with Crippen molar-refractivity contribution in [1.29, 1.82) is 0 Å². The van der Waals surface area contributed by atoms with E-state index in [1.165, 1.54) is 0 Å². The first-order chi connectivity index (χ1) is 10.6. The van der Waals surface area contributed by atoms with Crippen LogP contribution >= 0.6 is 0 Å². The quantitative estimate of drug-likeness (QED) is 0.335. The zero-order valence-corrected chi connectivity index (χ0v) is 12.1. The summed E-state index contributed by atoms with van der Waals surface area (Å²) in [5.41, 5.74) is -3.50. The molecule has 4 N–H and O–H groups in total. The summed E-state index contributed by atoms with van der Waals surface area (Å²) in [5, 5.41) is 31.6. The van der Waals surface area contributed by atoms with Crippen LogP contribution in [0.1, 0.15) is 12.8 Å². The second kappa shape index (κ2) is 12.4. The van der Waals surface area contributed by atoms with Gasteiger partial charge in [0.1, 0.15) is 11.1 Å². The highest BCUT2D eigenvalue weighted by atomic mass is 19.4. The second-order valence-electron chi connectivity index (χ2n) is 3.72. The maximum absolute atomic E-state index is 11.2. The fourth-order valence-electron chi connectivity index (χ4n) is 0.466. The average Bonchev–Trinajstić information content (AvgIpc) is 2.42. The van der Waals surface area contributed by atoms with Gasteiger partial charge < -0.3 is 20.4 Å². The van der Waals surface area contributed by atoms with Gasteiger partial charge in [-0.15, -0.1) is 0 Å². The van der Waals surface area contributed by atoms with Crippen LogP contribution < -0.4 is 0 Å². The molecule has 0 fully saturated rings. The Morgan fingerprint density at radius 3 is 0.958 bits per heavy atom. The number of aliphatic hydroxyl groups excluding tert-OH is 2. The van der Waals surface area contributed by atoms with Crippen LogP contribution in [0.3, 0.4) is 0 Å². The van der Waals surface area contributed by atoms with Crippen LogP contribution in [0.5, 0.6) is 0 Å². The average molecular weight is 370 g/mol. The lowest BCUT2D eigenvalue weighted by atomic mass is 10.3. The maximum atomic E-state index is 11.2. The lowest BCUT2D eigenvalue weighted by Gasteiger charge is -2.02. The minimum absolute atomic E-state index is 0.195. The number of hydrogen-bond donors (Lipinski definition) is 4. The van der Waals surface area contributed by atoms with Crippen LogP contribution in [0.2, 0.25) is 0 Å². The molecule has 0 aromatic heterocycles. The smallest absolute Gasteiger partial charge is 0.422 e. The molecular formula is C12H16F6O6. The summed E-state index contributed by atoms with van der Waals surface area (Å²) in [6, 6.07) is 0. The van der Waals surface area contributed by atoms with Gasteiger partial charge in [0.05, 0.1) is 0 Å². The van der Waals surface area contributed by atoms with Gasteiger partial charge in [-0.1, -0.05) is 13.2 Å². The lowest BCUT2D eigenvalue weighted by molar-refractivity contribution is -0.146. The van der Waals surface area contributed by atoms with Crippen LogP contribution in [0, 0.1) is 0 Å². The van der Waals surface area contributed by atoms with Gasteiger partial charge in [0.25, 0.3) is 0 Å². The van der Waals surface area contributed by atoms with E-state index in [1.54, 1.807) is 0 Å². The van der Waals surface area contributed by atoms with Crippen molar-refractivity contribution >= 4 is 11.9 Å². The lowest BCUT2D eigenvalue weighted by Crippen LogP contribution is -2.18. The van der Waals surface area contributed by atoms with Crippen LogP contribution in [0.4, 0.5) is 26.3 Å². The molecule has 24 heavy (non-hydrogen) atoms. The van der Waals surface area contributed by atoms with Gasteiger partial charge in [-0.05, 0) is 12.8 Å². The molecule has 0 aliphatic carbocycles. The number of hydrogen-bond acceptors (Lipinski definition) is 4. The predicted octanol–water partition coefficient (Wildman–Crippen LogP) is 2.13. The Hall–Kier alpha value is -2.08. The summed E-state index contributed by atoms with van der Waals surface area (Å²) in [6.45, 7) is 4.99. The third kappa shape index (κ3) is 16.3. The molecule has 0 radical (unpaired) electrons. The van der Waals surface area contributed by atoms with Crippen LogP contribution in [-0.4, -0.2) is 57.9 Å². The van der Waals surface area contributed by atoms with E-state index in [0.29, 0.717) is 0 Å². The summed E-state index contributed by atoms with van der Waals surface area (Å²) in [6.07, 6.45) is -8.19. The third-order valence-corrected chi connectivity index (χ3v) is 1.77. The van der Waals surface area contributed by atoms with Gasteiger partial charge in [-0.25, -0.2) is 9.59 Å². The number of halogens is 6. The van der Waals surface area contributed by atoms with Crippen LogP contribution in [0.25, 0.3) is 0 Å². The van der Waals surface area contributed by atoms with Crippen molar-refractivity contribution in [3.8, 4) is 0 Å². The predicted molar refractivity (Wildman–Crippen MR) is 69.1 cm³/mol. The molecule has 0 bridgehead atoms. The highest BCUT2D eigenvalue weighted by molar-refractivity contribution is 5.87. The number of aliphatic hydroxyl groups is 2. The standard InChI is InChI=1S/2C4H3F3O2.C4H10O2/c2*1-2(3(8)9)4(5,6)7;5-3-1-2-4-6/h2*1H2,(H,8,9);5-6H,1-4H2. The zero-order chi connectivity index (χ0) is 20.1. The Morgan fingerprint density at radius 2 is 0.917 bits per heavy atom. The van der Waals surface area contributed by atoms with E-state index in [-0.39, 0.29) is 13.2 Å². The van der Waals surface area contributed by atoms with Gasteiger partial charge in [0.2, 0.25) is 0 Å². The van der Waals surface area contributed by atoms with Crippen molar-refractivity contribution in [2.45, 2.75) is 25.2 Å². The molecule has 0 heterocycles. The summed E-state index contributed by atoms with van der Waals surface area (Å²) in [5.74, 6) is -4.08. The van der Waals surface area contributed by atoms with E-state index in [1.807, 2.05) is 0 Å². The molecule has 0 rings (SSSR count). The molecule has 0 saturated heterocycles. The molecule has 0 saturated carbocycles. The number of carboxylic acids is 2. The molecule has 0 spiro atoms. The number of carbonyl (C=O) groups is 2. The largest absolute Gasteiger partial charge is 0.478 e. The van der Waals surface area contributed by atoms with Crippen molar-refractivity contribution in [2.24, 2.45) is 0 Å². The topological polar surface area (TPSA) is 115 Å². The molecule has 0 atom stereocenters. The molecule has 0 aliphatic rings. The van der Waals surface area contributed by atoms with Crippen LogP contribution in [-0.2, 0) is 9.59 Å². The highest BCUT2D eigenvalue weighted by Gasteiger charge is 2.37. The fourth-order valence-corrected chi connectivity index (χ4v) is 0.466. The van der Waals surface area contributed by atoms with E-state index >= 15 is 0 Å².